The van der Waals surface area contributed by atoms with Gasteiger partial charge in [0, 0.05) is 17.2 Å². The van der Waals surface area contributed by atoms with Crippen molar-refractivity contribution in [1.29, 1.82) is 0 Å². The van der Waals surface area contributed by atoms with Crippen LogP contribution in [-0.4, -0.2) is 21.0 Å². The van der Waals surface area contributed by atoms with Crippen LogP contribution in [0.3, 0.4) is 0 Å². The van der Waals surface area contributed by atoms with Gasteiger partial charge in [-0.15, -0.1) is 10.2 Å². The molecule has 7 nitrogen and oxygen atoms in total. The van der Waals surface area contributed by atoms with E-state index in [4.69, 9.17) is 0 Å². The zero-order chi connectivity index (χ0) is 15.6. The SMILES string of the molecule is Cc1c(C(=O)Nc2nnc(C(F)F)s2)cccc1[N+](=O)[O-]. The number of hydrogen-bond acceptors (Lipinski definition) is 6. The lowest BCUT2D eigenvalue weighted by atomic mass is 10.1. The highest BCUT2D eigenvalue weighted by Gasteiger charge is 2.20. The first-order valence-electron chi connectivity index (χ1n) is 5.57. The van der Waals surface area contributed by atoms with Crippen molar-refractivity contribution in [2.75, 3.05) is 5.32 Å². The molecular formula is C11H8F2N4O3S. The van der Waals surface area contributed by atoms with Gasteiger partial charge in [0.2, 0.25) is 5.13 Å². The maximum absolute atomic E-state index is 12.4. The van der Waals surface area contributed by atoms with E-state index < -0.39 is 22.3 Å². The number of nitro benzene ring substituents is 1. The monoisotopic (exact) mass is 314 g/mol. The Balaban J connectivity index is 2.24. The van der Waals surface area contributed by atoms with E-state index in [1.165, 1.54) is 25.1 Å². The lowest BCUT2D eigenvalue weighted by Crippen LogP contribution is -2.14. The van der Waals surface area contributed by atoms with Crippen LogP contribution in [0.4, 0.5) is 19.6 Å². The van der Waals surface area contributed by atoms with Crippen LogP contribution in [0, 0.1) is 17.0 Å². The minimum atomic E-state index is -2.77. The Labute approximate surface area is 120 Å². The number of aromatic nitrogens is 2. The van der Waals surface area contributed by atoms with Gasteiger partial charge >= 0.3 is 0 Å². The van der Waals surface area contributed by atoms with Crippen LogP contribution < -0.4 is 5.32 Å². The average molecular weight is 314 g/mol. The first-order valence-corrected chi connectivity index (χ1v) is 6.38. The maximum atomic E-state index is 12.4. The predicted octanol–water partition coefficient (Wildman–Crippen LogP) is 2.94. The Hall–Kier alpha value is -2.49. The molecule has 0 saturated carbocycles. The van der Waals surface area contributed by atoms with E-state index in [9.17, 15) is 23.7 Å². The van der Waals surface area contributed by atoms with E-state index in [0.717, 1.165) is 0 Å². The van der Waals surface area contributed by atoms with Crippen LogP contribution in [0.2, 0.25) is 0 Å². The fraction of sp³-hybridized carbons (Fsp3) is 0.182. The average Bonchev–Trinajstić information content (AvgIpc) is 2.87. The highest BCUT2D eigenvalue weighted by molar-refractivity contribution is 7.15. The number of carbonyl (C=O) groups is 1. The fourth-order valence-electron chi connectivity index (χ4n) is 1.60. The number of halogens is 2. The Morgan fingerprint density at radius 2 is 2.14 bits per heavy atom. The number of alkyl halides is 2. The number of benzene rings is 1. The molecule has 1 heterocycles. The van der Waals surface area contributed by atoms with Crippen LogP contribution in [0.1, 0.15) is 27.4 Å². The number of anilines is 1. The molecule has 0 aliphatic rings. The zero-order valence-electron chi connectivity index (χ0n) is 10.5. The van der Waals surface area contributed by atoms with E-state index in [2.05, 4.69) is 15.5 Å². The molecule has 0 saturated heterocycles. The summed E-state index contributed by atoms with van der Waals surface area (Å²) in [6, 6.07) is 4.03. The summed E-state index contributed by atoms with van der Waals surface area (Å²) in [4.78, 5) is 22.2. The fourth-order valence-corrected chi connectivity index (χ4v) is 2.20. The minimum Gasteiger partial charge on any atom is -0.296 e. The molecule has 1 N–H and O–H groups in total. The highest BCUT2D eigenvalue weighted by atomic mass is 32.1. The van der Waals surface area contributed by atoms with Crippen molar-refractivity contribution in [1.82, 2.24) is 10.2 Å². The van der Waals surface area contributed by atoms with Crippen molar-refractivity contribution in [2.45, 2.75) is 13.3 Å². The molecule has 1 aromatic heterocycles. The molecule has 1 amide bonds. The molecule has 10 heteroatoms. The summed E-state index contributed by atoms with van der Waals surface area (Å²) < 4.78 is 24.7. The number of amides is 1. The van der Waals surface area contributed by atoms with Crippen LogP contribution in [0.5, 0.6) is 0 Å². The topological polar surface area (TPSA) is 98.0 Å². The second-order valence-corrected chi connectivity index (χ2v) is 4.92. The maximum Gasteiger partial charge on any atom is 0.291 e. The van der Waals surface area contributed by atoms with Crippen LogP contribution in [0.15, 0.2) is 18.2 Å². The lowest BCUT2D eigenvalue weighted by Gasteiger charge is -2.05. The standard InChI is InChI=1S/C11H8F2N4O3S/c1-5-6(3-2-4-7(5)17(19)20)9(18)14-11-16-15-10(21-11)8(12)13/h2-4,8H,1H3,(H,14,16,18). The van der Waals surface area contributed by atoms with E-state index in [1.807, 2.05) is 0 Å². The Morgan fingerprint density at radius 1 is 1.43 bits per heavy atom. The Kier molecular flexibility index (Phi) is 4.17. The Morgan fingerprint density at radius 3 is 2.71 bits per heavy atom. The molecule has 110 valence electrons. The summed E-state index contributed by atoms with van der Waals surface area (Å²) in [5.41, 5.74) is 0.0461. The second-order valence-electron chi connectivity index (χ2n) is 3.91. The number of rotatable bonds is 4. The zero-order valence-corrected chi connectivity index (χ0v) is 11.4. The van der Waals surface area contributed by atoms with Crippen molar-refractivity contribution in [3.8, 4) is 0 Å². The van der Waals surface area contributed by atoms with E-state index in [0.29, 0.717) is 11.3 Å². The summed E-state index contributed by atoms with van der Waals surface area (Å²) in [5, 5.41) is 19.1. The largest absolute Gasteiger partial charge is 0.296 e. The summed E-state index contributed by atoms with van der Waals surface area (Å²) >= 11 is 0.542. The third-order valence-electron chi connectivity index (χ3n) is 2.59. The van der Waals surface area contributed by atoms with Crippen molar-refractivity contribution in [3.63, 3.8) is 0 Å². The van der Waals surface area contributed by atoms with Gasteiger partial charge in [0.1, 0.15) is 0 Å². The number of hydrogen-bond donors (Lipinski definition) is 1. The van der Waals surface area contributed by atoms with Crippen LogP contribution >= 0.6 is 11.3 Å². The molecule has 1 aromatic carbocycles. The molecular weight excluding hydrogens is 306 g/mol. The van der Waals surface area contributed by atoms with Gasteiger partial charge in [-0.2, -0.15) is 0 Å². The predicted molar refractivity (Wildman–Crippen MR) is 70.7 cm³/mol. The summed E-state index contributed by atoms with van der Waals surface area (Å²) in [5.74, 6) is -0.673. The van der Waals surface area contributed by atoms with Crippen LogP contribution in [0.25, 0.3) is 0 Å². The minimum absolute atomic E-state index is 0.0676. The molecule has 2 rings (SSSR count). The normalized spacial score (nSPS) is 10.7. The molecule has 0 atom stereocenters. The third kappa shape index (κ3) is 3.16. The molecule has 21 heavy (non-hydrogen) atoms. The lowest BCUT2D eigenvalue weighted by molar-refractivity contribution is -0.385. The van der Waals surface area contributed by atoms with Gasteiger partial charge in [-0.3, -0.25) is 20.2 Å². The van der Waals surface area contributed by atoms with Gasteiger partial charge in [-0.1, -0.05) is 17.4 Å². The number of nitrogens with one attached hydrogen (secondary N) is 1. The summed E-state index contributed by atoms with van der Waals surface area (Å²) in [6.07, 6.45) is -2.77. The highest BCUT2D eigenvalue weighted by Crippen LogP contribution is 2.26. The molecule has 0 aliphatic heterocycles. The summed E-state index contributed by atoms with van der Waals surface area (Å²) in [6.45, 7) is 1.43. The molecule has 0 radical (unpaired) electrons. The molecule has 0 spiro atoms. The number of nitrogens with zero attached hydrogens (tertiary/aromatic N) is 3. The van der Waals surface area contributed by atoms with Gasteiger partial charge in [0.25, 0.3) is 18.0 Å². The quantitative estimate of drug-likeness (QED) is 0.691. The number of nitro groups is 1. The third-order valence-corrected chi connectivity index (χ3v) is 3.44. The van der Waals surface area contributed by atoms with Gasteiger partial charge in [0.15, 0.2) is 5.01 Å². The molecule has 0 fully saturated rings. The first-order chi connectivity index (χ1) is 9.90. The second kappa shape index (κ2) is 5.87. The van der Waals surface area contributed by atoms with E-state index in [-0.39, 0.29) is 21.9 Å². The van der Waals surface area contributed by atoms with E-state index >= 15 is 0 Å². The van der Waals surface area contributed by atoms with Crippen molar-refractivity contribution in [3.05, 3.63) is 44.4 Å². The Bertz CT molecular complexity index is 705. The van der Waals surface area contributed by atoms with Crippen LogP contribution in [-0.2, 0) is 0 Å². The molecule has 0 unspecified atom stereocenters. The smallest absolute Gasteiger partial charge is 0.291 e. The summed E-state index contributed by atoms with van der Waals surface area (Å²) in [7, 11) is 0. The molecule has 0 bridgehead atoms. The van der Waals surface area contributed by atoms with Gasteiger partial charge in [0.05, 0.1) is 4.92 Å². The van der Waals surface area contributed by atoms with Gasteiger partial charge < -0.3 is 0 Å². The van der Waals surface area contributed by atoms with Crippen molar-refractivity contribution in [2.24, 2.45) is 0 Å². The van der Waals surface area contributed by atoms with Gasteiger partial charge in [-0.05, 0) is 13.0 Å². The number of carbonyl (C=O) groups excluding carboxylic acids is 1. The molecule has 0 aliphatic carbocycles. The first kappa shape index (κ1) is 14.9. The van der Waals surface area contributed by atoms with E-state index in [1.54, 1.807) is 0 Å². The van der Waals surface area contributed by atoms with Crippen molar-refractivity contribution >= 4 is 28.1 Å². The molecule has 2 aromatic rings. The van der Waals surface area contributed by atoms with Crippen molar-refractivity contribution < 1.29 is 18.5 Å². The van der Waals surface area contributed by atoms with Gasteiger partial charge in [-0.25, -0.2) is 8.78 Å².